The van der Waals surface area contributed by atoms with Gasteiger partial charge in [0.05, 0.1) is 17.4 Å². The summed E-state index contributed by atoms with van der Waals surface area (Å²) in [6.07, 6.45) is 3.79. The van der Waals surface area contributed by atoms with E-state index in [2.05, 4.69) is 26.0 Å². The van der Waals surface area contributed by atoms with Gasteiger partial charge in [-0.15, -0.1) is 5.10 Å². The van der Waals surface area contributed by atoms with Crippen molar-refractivity contribution in [3.8, 4) is 5.69 Å². The van der Waals surface area contributed by atoms with Crippen molar-refractivity contribution in [1.82, 2.24) is 30.1 Å². The molecule has 0 bridgehead atoms. The molecular weight excluding hydrogens is 330 g/mol. The van der Waals surface area contributed by atoms with Crippen molar-refractivity contribution in [2.24, 2.45) is 0 Å². The Hall–Kier alpha value is -3.00. The van der Waals surface area contributed by atoms with Crippen LogP contribution in [0.5, 0.6) is 0 Å². The molecule has 4 rings (SSSR count). The molecule has 2 aromatic heterocycles. The highest BCUT2D eigenvalue weighted by Crippen LogP contribution is 2.20. The number of anilines is 1. The van der Waals surface area contributed by atoms with Crippen molar-refractivity contribution in [1.29, 1.82) is 0 Å². The predicted octanol–water partition coefficient (Wildman–Crippen LogP) is 1.95. The molecule has 1 aliphatic heterocycles. The quantitative estimate of drug-likeness (QED) is 0.750. The van der Waals surface area contributed by atoms with Gasteiger partial charge in [-0.05, 0) is 45.0 Å². The molecule has 0 saturated carbocycles. The molecule has 1 amide bonds. The number of nitrogens with one attached hydrogen (secondary N) is 2. The van der Waals surface area contributed by atoms with Gasteiger partial charge in [-0.2, -0.15) is 5.10 Å². The third-order valence-corrected chi connectivity index (χ3v) is 4.65. The fourth-order valence-electron chi connectivity index (χ4n) is 3.24. The van der Waals surface area contributed by atoms with Crippen LogP contribution in [-0.2, 0) is 0 Å². The lowest BCUT2D eigenvalue weighted by Gasteiger charge is -2.23. The van der Waals surface area contributed by atoms with Crippen molar-refractivity contribution in [3.63, 3.8) is 0 Å². The van der Waals surface area contributed by atoms with Crippen LogP contribution < -0.4 is 10.6 Å². The number of piperidine rings is 1. The number of carbonyl (C=O) groups excluding carboxylic acids is 1. The monoisotopic (exact) mass is 351 g/mol. The molecule has 0 spiro atoms. The van der Waals surface area contributed by atoms with E-state index in [1.54, 1.807) is 10.7 Å². The van der Waals surface area contributed by atoms with E-state index in [-0.39, 0.29) is 5.91 Å². The topological polar surface area (TPSA) is 89.7 Å². The first-order chi connectivity index (χ1) is 12.7. The van der Waals surface area contributed by atoms with Crippen molar-refractivity contribution in [3.05, 3.63) is 54.0 Å². The molecule has 0 atom stereocenters. The standard InChI is InChI=1S/C18H21N7O/c1-13-17(21-23-25(13)15-7-10-19-11-8-15)18(26)20-16-9-12-24(22-16)14-5-3-2-4-6-14/h2-6,9,12,15,19H,7-8,10-11H2,1H3,(H,20,22,26). The zero-order chi connectivity index (χ0) is 17.9. The fourth-order valence-corrected chi connectivity index (χ4v) is 3.24. The van der Waals surface area contributed by atoms with E-state index >= 15 is 0 Å². The number of hydrogen-bond donors (Lipinski definition) is 2. The Morgan fingerprint density at radius 3 is 2.73 bits per heavy atom. The second-order valence-electron chi connectivity index (χ2n) is 6.38. The van der Waals surface area contributed by atoms with Crippen LogP contribution >= 0.6 is 0 Å². The van der Waals surface area contributed by atoms with Crippen molar-refractivity contribution in [2.75, 3.05) is 18.4 Å². The maximum Gasteiger partial charge on any atom is 0.279 e. The van der Waals surface area contributed by atoms with Crippen molar-refractivity contribution >= 4 is 11.7 Å². The summed E-state index contributed by atoms with van der Waals surface area (Å²) in [7, 11) is 0. The predicted molar refractivity (Wildman–Crippen MR) is 97.4 cm³/mol. The van der Waals surface area contributed by atoms with Gasteiger partial charge in [0.15, 0.2) is 11.5 Å². The van der Waals surface area contributed by atoms with Gasteiger partial charge in [-0.25, -0.2) is 9.36 Å². The van der Waals surface area contributed by atoms with Crippen molar-refractivity contribution < 1.29 is 4.79 Å². The summed E-state index contributed by atoms with van der Waals surface area (Å²) in [5.41, 5.74) is 2.07. The van der Waals surface area contributed by atoms with Gasteiger partial charge in [0.25, 0.3) is 5.91 Å². The number of benzene rings is 1. The van der Waals surface area contributed by atoms with Crippen LogP contribution in [0, 0.1) is 6.92 Å². The number of rotatable bonds is 4. The lowest BCUT2D eigenvalue weighted by Crippen LogP contribution is -2.30. The minimum Gasteiger partial charge on any atom is -0.317 e. The molecule has 3 aromatic rings. The molecule has 1 aliphatic rings. The molecule has 1 saturated heterocycles. The number of nitrogens with zero attached hydrogens (tertiary/aromatic N) is 5. The second kappa shape index (κ2) is 7.09. The van der Waals surface area contributed by atoms with E-state index < -0.39 is 0 Å². The number of aromatic nitrogens is 5. The summed E-state index contributed by atoms with van der Waals surface area (Å²) < 4.78 is 3.59. The smallest absolute Gasteiger partial charge is 0.279 e. The molecule has 0 aliphatic carbocycles. The first-order valence-electron chi connectivity index (χ1n) is 8.77. The van der Waals surface area contributed by atoms with E-state index in [0.29, 0.717) is 17.6 Å². The zero-order valence-corrected chi connectivity index (χ0v) is 14.6. The van der Waals surface area contributed by atoms with Crippen LogP contribution in [-0.4, -0.2) is 43.8 Å². The highest BCUT2D eigenvalue weighted by atomic mass is 16.2. The largest absolute Gasteiger partial charge is 0.317 e. The molecule has 1 fully saturated rings. The molecule has 134 valence electrons. The third kappa shape index (κ3) is 3.23. The summed E-state index contributed by atoms with van der Waals surface area (Å²) in [5.74, 6) is 0.190. The minimum absolute atomic E-state index is 0.291. The number of para-hydroxylation sites is 1. The Labute approximate surface area is 151 Å². The van der Waals surface area contributed by atoms with Crippen molar-refractivity contribution in [2.45, 2.75) is 25.8 Å². The summed E-state index contributed by atoms with van der Waals surface area (Å²) in [6.45, 7) is 3.81. The van der Waals surface area contributed by atoms with Crippen LogP contribution in [0.25, 0.3) is 5.69 Å². The fraction of sp³-hybridized carbons (Fsp3) is 0.333. The first kappa shape index (κ1) is 16.5. The maximum atomic E-state index is 12.6. The molecule has 1 aromatic carbocycles. The molecule has 26 heavy (non-hydrogen) atoms. The molecule has 2 N–H and O–H groups in total. The van der Waals surface area contributed by atoms with Gasteiger partial charge in [-0.3, -0.25) is 4.79 Å². The number of hydrogen-bond acceptors (Lipinski definition) is 5. The van der Waals surface area contributed by atoms with E-state index in [1.165, 1.54) is 0 Å². The van der Waals surface area contributed by atoms with Crippen LogP contribution in [0.4, 0.5) is 5.82 Å². The van der Waals surface area contributed by atoms with E-state index in [9.17, 15) is 4.79 Å². The van der Waals surface area contributed by atoms with Gasteiger partial charge in [-0.1, -0.05) is 23.4 Å². The molecule has 0 radical (unpaired) electrons. The molecule has 0 unspecified atom stereocenters. The first-order valence-corrected chi connectivity index (χ1v) is 8.77. The second-order valence-corrected chi connectivity index (χ2v) is 6.38. The molecule has 8 nitrogen and oxygen atoms in total. The van der Waals surface area contributed by atoms with Gasteiger partial charge in [0.1, 0.15) is 0 Å². The Bertz CT molecular complexity index is 893. The summed E-state index contributed by atoms with van der Waals surface area (Å²) in [6, 6.07) is 11.8. The summed E-state index contributed by atoms with van der Waals surface area (Å²) in [5, 5.41) is 18.8. The van der Waals surface area contributed by atoms with Crippen LogP contribution in [0.15, 0.2) is 42.6 Å². The molecular formula is C18H21N7O. The highest BCUT2D eigenvalue weighted by molar-refractivity contribution is 6.02. The lowest BCUT2D eigenvalue weighted by atomic mass is 10.1. The van der Waals surface area contributed by atoms with Gasteiger partial charge in [0, 0.05) is 12.3 Å². The SMILES string of the molecule is Cc1c(C(=O)Nc2ccn(-c3ccccc3)n2)nnn1C1CCNCC1. The third-order valence-electron chi connectivity index (χ3n) is 4.65. The summed E-state index contributed by atoms with van der Waals surface area (Å²) in [4.78, 5) is 12.6. The minimum atomic E-state index is -0.291. The van der Waals surface area contributed by atoms with Gasteiger partial charge >= 0.3 is 0 Å². The summed E-state index contributed by atoms with van der Waals surface area (Å²) >= 11 is 0. The normalized spacial score (nSPS) is 15.1. The van der Waals surface area contributed by atoms with E-state index in [4.69, 9.17) is 0 Å². The Morgan fingerprint density at radius 1 is 1.19 bits per heavy atom. The Kier molecular flexibility index (Phi) is 4.49. The Morgan fingerprint density at radius 2 is 1.96 bits per heavy atom. The van der Waals surface area contributed by atoms with Gasteiger partial charge < -0.3 is 10.6 Å². The maximum absolute atomic E-state index is 12.6. The van der Waals surface area contributed by atoms with Crippen LogP contribution in [0.3, 0.4) is 0 Å². The van der Waals surface area contributed by atoms with Gasteiger partial charge in [0.2, 0.25) is 0 Å². The molecule has 8 heteroatoms. The number of carbonyl (C=O) groups is 1. The Balaban J connectivity index is 1.49. The van der Waals surface area contributed by atoms with Crippen LogP contribution in [0.1, 0.15) is 35.1 Å². The van der Waals surface area contributed by atoms with E-state index in [1.807, 2.05) is 48.1 Å². The lowest BCUT2D eigenvalue weighted by molar-refractivity contribution is 0.102. The zero-order valence-electron chi connectivity index (χ0n) is 14.6. The van der Waals surface area contributed by atoms with Crippen LogP contribution in [0.2, 0.25) is 0 Å². The number of amides is 1. The average Bonchev–Trinajstić information content (AvgIpc) is 3.30. The van der Waals surface area contributed by atoms with E-state index in [0.717, 1.165) is 37.3 Å². The highest BCUT2D eigenvalue weighted by Gasteiger charge is 2.23. The average molecular weight is 351 g/mol. The molecule has 3 heterocycles.